The molecule has 0 aliphatic carbocycles. The van der Waals surface area contributed by atoms with E-state index in [9.17, 15) is 0 Å². The highest BCUT2D eigenvalue weighted by Gasteiger charge is 2.13. The minimum absolute atomic E-state index is 0.395. The quantitative estimate of drug-likeness (QED) is 0.615. The summed E-state index contributed by atoms with van der Waals surface area (Å²) in [5.41, 5.74) is 1.81. The Labute approximate surface area is 70.9 Å². The molecule has 0 spiro atoms. The molecule has 0 aliphatic heterocycles. The van der Waals surface area contributed by atoms with E-state index in [-0.39, 0.29) is 0 Å². The van der Waals surface area contributed by atoms with E-state index in [2.05, 4.69) is 39.1 Å². The summed E-state index contributed by atoms with van der Waals surface area (Å²) in [5.74, 6) is 0. The summed E-state index contributed by atoms with van der Waals surface area (Å²) >= 11 is 0. The lowest BCUT2D eigenvalue weighted by atomic mass is 9.88. The van der Waals surface area contributed by atoms with Crippen LogP contribution in [0, 0.1) is 5.41 Å². The third-order valence-electron chi connectivity index (χ3n) is 1.72. The molecule has 0 fully saturated rings. The van der Waals surface area contributed by atoms with E-state index < -0.39 is 0 Å². The summed E-state index contributed by atoms with van der Waals surface area (Å²) in [6.45, 7) is 9.94. The summed E-state index contributed by atoms with van der Waals surface area (Å²) in [5, 5.41) is 3.20. The van der Waals surface area contributed by atoms with Gasteiger partial charge in [-0.25, -0.2) is 0 Å². The van der Waals surface area contributed by atoms with Crippen molar-refractivity contribution in [1.29, 1.82) is 0 Å². The van der Waals surface area contributed by atoms with Gasteiger partial charge in [-0.1, -0.05) is 25.5 Å². The highest BCUT2D eigenvalue weighted by Crippen LogP contribution is 2.20. The number of nitrogens with one attached hydrogen (secondary N) is 1. The molecule has 0 aromatic rings. The molecule has 0 unspecified atom stereocenters. The van der Waals surface area contributed by atoms with Crippen molar-refractivity contribution in [3.8, 4) is 0 Å². The van der Waals surface area contributed by atoms with Gasteiger partial charge in [0.1, 0.15) is 0 Å². The smallest absolute Gasteiger partial charge is 0.000248 e. The van der Waals surface area contributed by atoms with Crippen molar-refractivity contribution in [2.45, 2.75) is 34.1 Å². The Hall–Kier alpha value is -0.300. The van der Waals surface area contributed by atoms with Crippen LogP contribution in [0.2, 0.25) is 0 Å². The van der Waals surface area contributed by atoms with E-state index in [4.69, 9.17) is 0 Å². The van der Waals surface area contributed by atoms with E-state index in [0.29, 0.717) is 5.41 Å². The van der Waals surface area contributed by atoms with Crippen molar-refractivity contribution in [2.24, 2.45) is 5.41 Å². The van der Waals surface area contributed by atoms with Crippen molar-refractivity contribution < 1.29 is 0 Å². The van der Waals surface area contributed by atoms with Crippen LogP contribution in [0.1, 0.15) is 34.1 Å². The molecule has 0 aliphatic rings. The monoisotopic (exact) mass is 155 g/mol. The summed E-state index contributed by atoms with van der Waals surface area (Å²) in [4.78, 5) is 0. The van der Waals surface area contributed by atoms with Gasteiger partial charge in [-0.2, -0.15) is 0 Å². The summed E-state index contributed by atoms with van der Waals surface area (Å²) < 4.78 is 0. The maximum Gasteiger partial charge on any atom is 0.000248 e. The molecule has 66 valence electrons. The molecule has 0 saturated heterocycles. The molecule has 1 N–H and O–H groups in total. The van der Waals surface area contributed by atoms with E-state index in [1.165, 1.54) is 5.57 Å². The molecule has 0 rings (SSSR count). The van der Waals surface area contributed by atoms with Gasteiger partial charge in [0.05, 0.1) is 0 Å². The van der Waals surface area contributed by atoms with Crippen LogP contribution in [0.5, 0.6) is 0 Å². The topological polar surface area (TPSA) is 12.0 Å². The molecule has 1 heteroatoms. The lowest BCUT2D eigenvalue weighted by Gasteiger charge is -2.22. The van der Waals surface area contributed by atoms with Crippen LogP contribution in [0.25, 0.3) is 0 Å². The first kappa shape index (κ1) is 10.7. The largest absolute Gasteiger partial charge is 0.319 e. The van der Waals surface area contributed by atoms with Gasteiger partial charge in [-0.3, -0.25) is 0 Å². The Kier molecular flexibility index (Phi) is 4.43. The Morgan fingerprint density at radius 2 is 1.91 bits per heavy atom. The van der Waals surface area contributed by atoms with Gasteiger partial charge >= 0.3 is 0 Å². The summed E-state index contributed by atoms with van der Waals surface area (Å²) in [6, 6.07) is 0. The van der Waals surface area contributed by atoms with Crippen LogP contribution in [0.15, 0.2) is 11.6 Å². The predicted octanol–water partition coefficient (Wildman–Crippen LogP) is 2.59. The average molecular weight is 155 g/mol. The molecule has 0 amide bonds. The van der Waals surface area contributed by atoms with E-state index >= 15 is 0 Å². The van der Waals surface area contributed by atoms with Gasteiger partial charge in [0.15, 0.2) is 0 Å². The van der Waals surface area contributed by atoms with Crippen molar-refractivity contribution in [3.63, 3.8) is 0 Å². The Morgan fingerprint density at radius 3 is 2.27 bits per heavy atom. The fraction of sp³-hybridized carbons (Fsp3) is 0.800. The standard InChI is InChI=1S/C10H21N/c1-9(2)6-7-10(3,4)8-11-5/h6,11H,7-8H2,1-5H3. The number of rotatable bonds is 4. The van der Waals surface area contributed by atoms with Crippen LogP contribution in [-0.2, 0) is 0 Å². The Bertz CT molecular complexity index is 130. The molecule has 0 bridgehead atoms. The molecule has 0 saturated carbocycles. The number of hydrogen-bond acceptors (Lipinski definition) is 1. The molecular formula is C10H21N. The second-order valence-electron chi connectivity index (χ2n) is 4.18. The molecule has 0 atom stereocenters. The normalized spacial score (nSPS) is 11.4. The van der Waals surface area contributed by atoms with Crippen molar-refractivity contribution >= 4 is 0 Å². The van der Waals surface area contributed by atoms with Gasteiger partial charge in [0.2, 0.25) is 0 Å². The maximum absolute atomic E-state index is 3.20. The first-order valence-corrected chi connectivity index (χ1v) is 4.26. The fourth-order valence-electron chi connectivity index (χ4n) is 1.03. The first-order chi connectivity index (χ1) is 4.98. The highest BCUT2D eigenvalue weighted by atomic mass is 14.8. The zero-order valence-electron chi connectivity index (χ0n) is 8.49. The second kappa shape index (κ2) is 4.55. The van der Waals surface area contributed by atoms with Crippen LogP contribution in [0.4, 0.5) is 0 Å². The van der Waals surface area contributed by atoms with Crippen LogP contribution in [0.3, 0.4) is 0 Å². The zero-order chi connectivity index (χ0) is 8.91. The molecule has 0 aromatic carbocycles. The molecule has 0 aromatic heterocycles. The molecular weight excluding hydrogens is 134 g/mol. The third-order valence-corrected chi connectivity index (χ3v) is 1.72. The SMILES string of the molecule is CNCC(C)(C)CC=C(C)C. The van der Waals surface area contributed by atoms with Crippen LogP contribution < -0.4 is 5.32 Å². The van der Waals surface area contributed by atoms with Gasteiger partial charge in [0.25, 0.3) is 0 Å². The van der Waals surface area contributed by atoms with E-state index in [0.717, 1.165) is 13.0 Å². The molecule has 0 radical (unpaired) electrons. The van der Waals surface area contributed by atoms with Gasteiger partial charge < -0.3 is 5.32 Å². The first-order valence-electron chi connectivity index (χ1n) is 4.26. The van der Waals surface area contributed by atoms with E-state index in [1.54, 1.807) is 0 Å². The minimum Gasteiger partial charge on any atom is -0.319 e. The predicted molar refractivity (Wildman–Crippen MR) is 51.8 cm³/mol. The summed E-state index contributed by atoms with van der Waals surface area (Å²) in [7, 11) is 2.00. The lowest BCUT2D eigenvalue weighted by Crippen LogP contribution is -2.25. The Balaban J connectivity index is 3.81. The molecule has 0 heterocycles. The van der Waals surface area contributed by atoms with Gasteiger partial charge in [-0.15, -0.1) is 0 Å². The zero-order valence-corrected chi connectivity index (χ0v) is 8.49. The molecule has 11 heavy (non-hydrogen) atoms. The van der Waals surface area contributed by atoms with Gasteiger partial charge in [0, 0.05) is 6.54 Å². The highest BCUT2D eigenvalue weighted by molar-refractivity contribution is 4.96. The average Bonchev–Trinajstić information content (AvgIpc) is 1.84. The van der Waals surface area contributed by atoms with Crippen molar-refractivity contribution in [2.75, 3.05) is 13.6 Å². The second-order valence-corrected chi connectivity index (χ2v) is 4.18. The number of hydrogen-bond donors (Lipinski definition) is 1. The molecule has 1 nitrogen and oxygen atoms in total. The van der Waals surface area contributed by atoms with Crippen LogP contribution in [-0.4, -0.2) is 13.6 Å². The Morgan fingerprint density at radius 1 is 1.36 bits per heavy atom. The minimum atomic E-state index is 0.395. The lowest BCUT2D eigenvalue weighted by molar-refractivity contribution is 0.356. The third kappa shape index (κ3) is 6.11. The number of allylic oxidation sites excluding steroid dienone is 2. The van der Waals surface area contributed by atoms with Crippen molar-refractivity contribution in [1.82, 2.24) is 5.32 Å². The van der Waals surface area contributed by atoms with Crippen molar-refractivity contribution in [3.05, 3.63) is 11.6 Å². The van der Waals surface area contributed by atoms with Gasteiger partial charge in [-0.05, 0) is 32.7 Å². The summed E-state index contributed by atoms with van der Waals surface area (Å²) in [6.07, 6.45) is 3.47. The van der Waals surface area contributed by atoms with Crippen LogP contribution >= 0.6 is 0 Å². The van der Waals surface area contributed by atoms with E-state index in [1.807, 2.05) is 7.05 Å². The maximum atomic E-state index is 3.20. The fourth-order valence-corrected chi connectivity index (χ4v) is 1.03.